The van der Waals surface area contributed by atoms with Crippen LogP contribution in [0.15, 0.2) is 48.0 Å². The summed E-state index contributed by atoms with van der Waals surface area (Å²) < 4.78 is 13.6. The number of hydrogen-bond acceptors (Lipinski definition) is 4. The smallest absolute Gasteiger partial charge is 0.295 e. The minimum atomic E-state index is -0.815. The number of aromatic hydroxyl groups is 1. The number of rotatable bonds is 6. The monoisotopic (exact) mass is 397 g/mol. The van der Waals surface area contributed by atoms with Crippen molar-refractivity contribution < 1.29 is 24.2 Å². The SMILES string of the molecule is CCCCCN1C(=O)C(=O)/C(=C(\O)c2ccc(F)c(C)c2)C1c1cccc(O)c1. The van der Waals surface area contributed by atoms with Crippen LogP contribution in [0.1, 0.15) is 48.9 Å². The molecule has 2 N–H and O–H groups in total. The number of carbonyl (C=O) groups excluding carboxylic acids is 2. The minimum Gasteiger partial charge on any atom is -0.508 e. The summed E-state index contributed by atoms with van der Waals surface area (Å²) in [7, 11) is 0. The summed E-state index contributed by atoms with van der Waals surface area (Å²) in [6, 6.07) is 9.51. The maximum atomic E-state index is 13.6. The molecule has 1 saturated heterocycles. The summed E-state index contributed by atoms with van der Waals surface area (Å²) in [6.07, 6.45) is 2.57. The van der Waals surface area contributed by atoms with Crippen LogP contribution >= 0.6 is 0 Å². The molecule has 0 spiro atoms. The number of Topliss-reactive ketones (excluding diaryl/α,β-unsaturated/α-hetero) is 1. The second kappa shape index (κ2) is 8.47. The number of hydrogen-bond donors (Lipinski definition) is 2. The zero-order valence-electron chi connectivity index (χ0n) is 16.5. The van der Waals surface area contributed by atoms with Crippen molar-refractivity contribution in [1.29, 1.82) is 0 Å². The molecule has 0 radical (unpaired) electrons. The van der Waals surface area contributed by atoms with Crippen molar-refractivity contribution in [2.75, 3.05) is 6.54 Å². The van der Waals surface area contributed by atoms with Crippen LogP contribution in [0.4, 0.5) is 4.39 Å². The van der Waals surface area contributed by atoms with Gasteiger partial charge in [0.1, 0.15) is 17.3 Å². The summed E-state index contributed by atoms with van der Waals surface area (Å²) in [5.74, 6) is -2.24. The fourth-order valence-corrected chi connectivity index (χ4v) is 3.63. The highest BCUT2D eigenvalue weighted by atomic mass is 19.1. The molecule has 5 nitrogen and oxygen atoms in total. The Labute approximate surface area is 169 Å². The number of amides is 1. The van der Waals surface area contributed by atoms with Crippen LogP contribution in [0.5, 0.6) is 5.75 Å². The van der Waals surface area contributed by atoms with Crippen LogP contribution in [0.3, 0.4) is 0 Å². The summed E-state index contributed by atoms with van der Waals surface area (Å²) >= 11 is 0. The lowest BCUT2D eigenvalue weighted by molar-refractivity contribution is -0.139. The van der Waals surface area contributed by atoms with E-state index in [1.54, 1.807) is 19.1 Å². The molecular formula is C23H24FNO4. The molecule has 1 atom stereocenters. The largest absolute Gasteiger partial charge is 0.508 e. The number of ketones is 1. The Hall–Kier alpha value is -3.15. The number of aliphatic hydroxyl groups excluding tert-OH is 1. The van der Waals surface area contributed by atoms with E-state index in [0.717, 1.165) is 12.8 Å². The number of phenolic OH excluding ortho intramolecular Hbond substituents is 1. The van der Waals surface area contributed by atoms with Gasteiger partial charge in [0, 0.05) is 12.1 Å². The molecule has 6 heteroatoms. The van der Waals surface area contributed by atoms with Gasteiger partial charge in [0.15, 0.2) is 0 Å². The average molecular weight is 397 g/mol. The van der Waals surface area contributed by atoms with Gasteiger partial charge in [-0.1, -0.05) is 31.9 Å². The van der Waals surface area contributed by atoms with Crippen molar-refractivity contribution in [3.63, 3.8) is 0 Å². The standard InChI is InChI=1S/C23H24FNO4/c1-3-4-5-11-25-20(15-7-6-8-17(26)13-15)19(22(28)23(25)29)21(27)16-9-10-18(24)14(2)12-16/h6-10,12-13,20,26-27H,3-5,11H2,1-2H3/b21-19-. The molecule has 1 aliphatic rings. The molecule has 1 aliphatic heterocycles. The van der Waals surface area contributed by atoms with Crippen LogP contribution in [0.25, 0.3) is 5.76 Å². The van der Waals surface area contributed by atoms with E-state index < -0.39 is 23.5 Å². The number of nitrogens with zero attached hydrogens (tertiary/aromatic N) is 1. The Morgan fingerprint density at radius 2 is 1.90 bits per heavy atom. The first-order valence-electron chi connectivity index (χ1n) is 9.69. The van der Waals surface area contributed by atoms with Crippen LogP contribution < -0.4 is 0 Å². The normalized spacial score (nSPS) is 18.4. The lowest BCUT2D eigenvalue weighted by Crippen LogP contribution is -2.30. The Morgan fingerprint density at radius 3 is 2.55 bits per heavy atom. The quantitative estimate of drug-likeness (QED) is 0.327. The van der Waals surface area contributed by atoms with E-state index in [0.29, 0.717) is 24.1 Å². The molecule has 0 aliphatic carbocycles. The van der Waals surface area contributed by atoms with E-state index >= 15 is 0 Å². The number of carbonyl (C=O) groups is 2. The number of phenols is 1. The van der Waals surface area contributed by atoms with E-state index in [4.69, 9.17) is 0 Å². The van der Waals surface area contributed by atoms with E-state index in [-0.39, 0.29) is 22.6 Å². The van der Waals surface area contributed by atoms with E-state index in [9.17, 15) is 24.2 Å². The number of unbranched alkanes of at least 4 members (excludes halogenated alkanes) is 2. The highest BCUT2D eigenvalue weighted by Crippen LogP contribution is 2.40. The topological polar surface area (TPSA) is 77.8 Å². The van der Waals surface area contributed by atoms with Crippen molar-refractivity contribution in [2.24, 2.45) is 0 Å². The van der Waals surface area contributed by atoms with Gasteiger partial charge in [-0.2, -0.15) is 0 Å². The first kappa shape index (κ1) is 20.6. The van der Waals surface area contributed by atoms with Crippen molar-refractivity contribution >= 4 is 17.4 Å². The van der Waals surface area contributed by atoms with Gasteiger partial charge in [0.2, 0.25) is 0 Å². The first-order valence-corrected chi connectivity index (χ1v) is 9.69. The molecule has 0 bridgehead atoms. The zero-order valence-corrected chi connectivity index (χ0v) is 16.5. The van der Waals surface area contributed by atoms with Gasteiger partial charge >= 0.3 is 0 Å². The van der Waals surface area contributed by atoms with Crippen LogP contribution in [0.2, 0.25) is 0 Å². The molecule has 1 amide bonds. The lowest BCUT2D eigenvalue weighted by Gasteiger charge is -2.25. The number of aliphatic hydroxyl groups is 1. The average Bonchev–Trinajstić information content (AvgIpc) is 2.94. The minimum absolute atomic E-state index is 0.000674. The fraction of sp³-hybridized carbons (Fsp3) is 0.304. The van der Waals surface area contributed by atoms with E-state index in [1.165, 1.54) is 35.2 Å². The Kier molecular flexibility index (Phi) is 6.01. The first-order chi connectivity index (χ1) is 13.8. The number of likely N-dealkylation sites (tertiary alicyclic amines) is 1. The number of benzene rings is 2. The molecule has 1 fully saturated rings. The summed E-state index contributed by atoms with van der Waals surface area (Å²) in [6.45, 7) is 3.96. The Bertz CT molecular complexity index is 983. The van der Waals surface area contributed by atoms with E-state index in [2.05, 4.69) is 0 Å². The molecule has 1 heterocycles. The summed E-state index contributed by atoms with van der Waals surface area (Å²) in [4.78, 5) is 27.0. The van der Waals surface area contributed by atoms with Crippen molar-refractivity contribution in [1.82, 2.24) is 4.90 Å². The maximum Gasteiger partial charge on any atom is 0.295 e. The molecule has 2 aromatic rings. The van der Waals surface area contributed by atoms with Crippen molar-refractivity contribution in [3.8, 4) is 5.75 Å². The van der Waals surface area contributed by atoms with Gasteiger partial charge in [0.25, 0.3) is 11.7 Å². The molecular weight excluding hydrogens is 373 g/mol. The molecule has 152 valence electrons. The van der Waals surface area contributed by atoms with Gasteiger partial charge in [-0.05, 0) is 54.8 Å². The summed E-state index contributed by atoms with van der Waals surface area (Å²) in [5.41, 5.74) is 1.06. The van der Waals surface area contributed by atoms with Gasteiger partial charge in [-0.3, -0.25) is 9.59 Å². The molecule has 2 aromatic carbocycles. The molecule has 0 saturated carbocycles. The highest BCUT2D eigenvalue weighted by Gasteiger charge is 2.45. The lowest BCUT2D eigenvalue weighted by atomic mass is 9.94. The Morgan fingerprint density at radius 1 is 1.14 bits per heavy atom. The molecule has 29 heavy (non-hydrogen) atoms. The number of halogens is 1. The second-order valence-corrected chi connectivity index (χ2v) is 7.26. The van der Waals surface area contributed by atoms with Gasteiger partial charge < -0.3 is 15.1 Å². The highest BCUT2D eigenvalue weighted by molar-refractivity contribution is 6.46. The van der Waals surface area contributed by atoms with Gasteiger partial charge in [-0.15, -0.1) is 0 Å². The molecule has 3 rings (SSSR count). The zero-order chi connectivity index (χ0) is 21.1. The number of aryl methyl sites for hydroxylation is 1. The summed E-state index contributed by atoms with van der Waals surface area (Å²) in [5, 5.41) is 20.8. The maximum absolute atomic E-state index is 13.6. The van der Waals surface area contributed by atoms with Gasteiger partial charge in [0.05, 0.1) is 11.6 Å². The molecule has 0 aromatic heterocycles. The third kappa shape index (κ3) is 4.01. The Balaban J connectivity index is 2.14. The van der Waals surface area contributed by atoms with Crippen molar-refractivity contribution in [2.45, 2.75) is 39.2 Å². The predicted octanol–water partition coefficient (Wildman–Crippen LogP) is 4.45. The predicted molar refractivity (Wildman–Crippen MR) is 108 cm³/mol. The van der Waals surface area contributed by atoms with E-state index in [1.807, 2.05) is 6.92 Å². The molecule has 1 unspecified atom stereocenters. The van der Waals surface area contributed by atoms with Crippen molar-refractivity contribution in [3.05, 3.63) is 70.5 Å². The fourth-order valence-electron chi connectivity index (χ4n) is 3.63. The third-order valence-electron chi connectivity index (χ3n) is 5.16. The van der Waals surface area contributed by atoms with Crippen LogP contribution in [0, 0.1) is 12.7 Å². The van der Waals surface area contributed by atoms with Crippen LogP contribution in [-0.4, -0.2) is 33.3 Å². The van der Waals surface area contributed by atoms with Crippen LogP contribution in [-0.2, 0) is 9.59 Å². The third-order valence-corrected chi connectivity index (χ3v) is 5.16. The second-order valence-electron chi connectivity index (χ2n) is 7.26. The van der Waals surface area contributed by atoms with Gasteiger partial charge in [-0.25, -0.2) is 4.39 Å².